The maximum atomic E-state index is 12.1. The van der Waals surface area contributed by atoms with Crippen molar-refractivity contribution in [3.63, 3.8) is 0 Å². The Hall–Kier alpha value is -1.82. The third-order valence-electron chi connectivity index (χ3n) is 3.63. The number of halogens is 1. The molecule has 6 nitrogen and oxygen atoms in total. The van der Waals surface area contributed by atoms with Crippen LogP contribution in [0.5, 0.6) is 0 Å². The lowest BCUT2D eigenvalue weighted by Crippen LogP contribution is -2.49. The van der Waals surface area contributed by atoms with Gasteiger partial charge in [0.2, 0.25) is 11.8 Å². The molecule has 0 aliphatic carbocycles. The van der Waals surface area contributed by atoms with Crippen LogP contribution in [0.4, 0.5) is 0 Å². The van der Waals surface area contributed by atoms with Gasteiger partial charge in [-0.3, -0.25) is 14.3 Å². The number of carbonyl (C=O) groups is 2. The Balaban J connectivity index is 1.99. The largest absolute Gasteiger partial charge is 0.339 e. The van der Waals surface area contributed by atoms with Crippen molar-refractivity contribution in [2.24, 2.45) is 7.05 Å². The van der Waals surface area contributed by atoms with Crippen molar-refractivity contribution in [1.82, 2.24) is 19.6 Å². The van der Waals surface area contributed by atoms with Crippen molar-refractivity contribution in [2.75, 3.05) is 26.2 Å². The molecule has 0 spiro atoms. The van der Waals surface area contributed by atoms with Crippen LogP contribution in [0.25, 0.3) is 6.08 Å². The molecular weight excluding hydrogens is 292 g/mol. The van der Waals surface area contributed by atoms with Gasteiger partial charge in [0.1, 0.15) is 5.15 Å². The van der Waals surface area contributed by atoms with E-state index in [2.05, 4.69) is 5.10 Å². The van der Waals surface area contributed by atoms with Crippen LogP contribution in [0.15, 0.2) is 6.08 Å². The number of aromatic nitrogens is 2. The van der Waals surface area contributed by atoms with Crippen LogP contribution < -0.4 is 0 Å². The Morgan fingerprint density at radius 2 is 1.76 bits per heavy atom. The van der Waals surface area contributed by atoms with E-state index in [9.17, 15) is 9.59 Å². The Bertz CT molecular complexity index is 586. The first-order chi connectivity index (χ1) is 9.90. The second-order valence-electron chi connectivity index (χ2n) is 5.08. The summed E-state index contributed by atoms with van der Waals surface area (Å²) in [6.07, 6.45) is 3.21. The molecular formula is C14H19ClN4O2. The van der Waals surface area contributed by atoms with Crippen molar-refractivity contribution >= 4 is 29.5 Å². The van der Waals surface area contributed by atoms with E-state index < -0.39 is 0 Å². The highest BCUT2D eigenvalue weighted by molar-refractivity contribution is 6.31. The summed E-state index contributed by atoms with van der Waals surface area (Å²) in [4.78, 5) is 26.9. The summed E-state index contributed by atoms with van der Waals surface area (Å²) in [5, 5.41) is 4.71. The highest BCUT2D eigenvalue weighted by atomic mass is 35.5. The fraction of sp³-hybridized carbons (Fsp3) is 0.500. The Morgan fingerprint density at radius 3 is 2.24 bits per heavy atom. The number of piperazine rings is 1. The van der Waals surface area contributed by atoms with Crippen molar-refractivity contribution < 1.29 is 9.59 Å². The van der Waals surface area contributed by atoms with E-state index in [0.717, 1.165) is 11.3 Å². The van der Waals surface area contributed by atoms with Crippen LogP contribution in [0.3, 0.4) is 0 Å². The smallest absolute Gasteiger partial charge is 0.246 e. The van der Waals surface area contributed by atoms with Gasteiger partial charge in [-0.25, -0.2) is 0 Å². The third kappa shape index (κ3) is 3.44. The molecule has 1 fully saturated rings. The van der Waals surface area contributed by atoms with Gasteiger partial charge in [-0.15, -0.1) is 0 Å². The van der Waals surface area contributed by atoms with Gasteiger partial charge in [0.05, 0.1) is 5.69 Å². The molecule has 0 saturated carbocycles. The maximum absolute atomic E-state index is 12.1. The lowest BCUT2D eigenvalue weighted by Gasteiger charge is -2.33. The molecule has 7 heteroatoms. The van der Waals surface area contributed by atoms with Crippen LogP contribution in [-0.2, 0) is 16.6 Å². The predicted octanol–water partition coefficient (Wildman–Crippen LogP) is 1.09. The summed E-state index contributed by atoms with van der Waals surface area (Å²) in [6, 6.07) is 0. The lowest BCUT2D eigenvalue weighted by molar-refractivity contribution is -0.135. The number of hydrogen-bond donors (Lipinski definition) is 0. The van der Waals surface area contributed by atoms with Crippen LogP contribution in [-0.4, -0.2) is 57.6 Å². The van der Waals surface area contributed by atoms with E-state index in [1.54, 1.807) is 34.5 Å². The molecule has 0 radical (unpaired) electrons. The molecule has 1 aliphatic rings. The van der Waals surface area contributed by atoms with Gasteiger partial charge in [0, 0.05) is 51.8 Å². The number of hydrogen-bond acceptors (Lipinski definition) is 3. The normalized spacial score (nSPS) is 15.8. The minimum absolute atomic E-state index is 0.0513. The Kier molecular flexibility index (Phi) is 4.67. The molecule has 0 atom stereocenters. The molecule has 21 heavy (non-hydrogen) atoms. The van der Waals surface area contributed by atoms with Crippen LogP contribution >= 0.6 is 11.6 Å². The zero-order valence-corrected chi connectivity index (χ0v) is 13.2. The molecule has 1 saturated heterocycles. The van der Waals surface area contributed by atoms with Crippen molar-refractivity contribution in [3.05, 3.63) is 22.5 Å². The molecule has 1 aromatic heterocycles. The Morgan fingerprint density at radius 1 is 1.19 bits per heavy atom. The zero-order valence-electron chi connectivity index (χ0n) is 12.5. The summed E-state index contributed by atoms with van der Waals surface area (Å²) in [6.45, 7) is 5.68. The Labute approximate surface area is 129 Å². The summed E-state index contributed by atoms with van der Waals surface area (Å²) in [5.41, 5.74) is 1.54. The van der Waals surface area contributed by atoms with E-state index in [1.165, 1.54) is 6.08 Å². The standard InChI is InChI=1S/C14H19ClN4O2/c1-10-12(14(15)17(3)16-10)4-5-13(21)19-8-6-18(7-9-19)11(2)20/h4-5H,6-9H2,1-3H3. The molecule has 1 aromatic rings. The molecule has 2 rings (SSSR count). The lowest BCUT2D eigenvalue weighted by atomic mass is 10.2. The number of carbonyl (C=O) groups excluding carboxylic acids is 2. The van der Waals surface area contributed by atoms with Crippen molar-refractivity contribution in [3.8, 4) is 0 Å². The molecule has 0 bridgehead atoms. The summed E-state index contributed by atoms with van der Waals surface area (Å²) in [5.74, 6) is -0.0204. The van der Waals surface area contributed by atoms with Crippen LogP contribution in [0, 0.1) is 6.92 Å². The van der Waals surface area contributed by atoms with Gasteiger partial charge in [0.25, 0.3) is 0 Å². The summed E-state index contributed by atoms with van der Waals surface area (Å²) < 4.78 is 1.58. The molecule has 1 aliphatic heterocycles. The van der Waals surface area contributed by atoms with Gasteiger partial charge in [0.15, 0.2) is 0 Å². The maximum Gasteiger partial charge on any atom is 0.246 e. The third-order valence-corrected chi connectivity index (χ3v) is 4.07. The van der Waals surface area contributed by atoms with Crippen molar-refractivity contribution in [1.29, 1.82) is 0 Å². The van der Waals surface area contributed by atoms with E-state index in [-0.39, 0.29) is 11.8 Å². The number of aryl methyl sites for hydroxylation is 2. The average Bonchev–Trinajstić information content (AvgIpc) is 2.70. The van der Waals surface area contributed by atoms with Gasteiger partial charge >= 0.3 is 0 Å². The zero-order chi connectivity index (χ0) is 15.6. The first kappa shape index (κ1) is 15.6. The fourth-order valence-electron chi connectivity index (χ4n) is 2.34. The molecule has 0 N–H and O–H groups in total. The quantitative estimate of drug-likeness (QED) is 0.768. The SMILES string of the molecule is CC(=O)N1CCN(C(=O)C=Cc2c(C)nn(C)c2Cl)CC1. The van der Waals surface area contributed by atoms with E-state index in [0.29, 0.717) is 31.3 Å². The number of amides is 2. The molecule has 0 aromatic carbocycles. The molecule has 114 valence electrons. The topological polar surface area (TPSA) is 58.4 Å². The van der Waals surface area contributed by atoms with E-state index in [4.69, 9.17) is 11.6 Å². The molecule has 2 amide bonds. The minimum Gasteiger partial charge on any atom is -0.339 e. The predicted molar refractivity (Wildman–Crippen MR) is 80.8 cm³/mol. The summed E-state index contributed by atoms with van der Waals surface area (Å²) in [7, 11) is 1.76. The first-order valence-corrected chi connectivity index (χ1v) is 7.19. The van der Waals surface area contributed by atoms with Crippen LogP contribution in [0.1, 0.15) is 18.2 Å². The van der Waals surface area contributed by atoms with Gasteiger partial charge in [-0.1, -0.05) is 11.6 Å². The fourth-order valence-corrected chi connectivity index (χ4v) is 2.58. The number of rotatable bonds is 2. The second-order valence-corrected chi connectivity index (χ2v) is 5.44. The molecule has 2 heterocycles. The van der Waals surface area contributed by atoms with E-state index >= 15 is 0 Å². The van der Waals surface area contributed by atoms with Crippen LogP contribution in [0.2, 0.25) is 5.15 Å². The highest BCUT2D eigenvalue weighted by Crippen LogP contribution is 2.20. The number of nitrogens with zero attached hydrogens (tertiary/aromatic N) is 4. The van der Waals surface area contributed by atoms with E-state index in [1.807, 2.05) is 6.92 Å². The average molecular weight is 311 g/mol. The van der Waals surface area contributed by atoms with Gasteiger partial charge in [-0.05, 0) is 13.0 Å². The molecule has 0 unspecified atom stereocenters. The first-order valence-electron chi connectivity index (χ1n) is 6.81. The minimum atomic E-state index is -0.0717. The second kappa shape index (κ2) is 6.30. The van der Waals surface area contributed by atoms with Crippen molar-refractivity contribution in [2.45, 2.75) is 13.8 Å². The highest BCUT2D eigenvalue weighted by Gasteiger charge is 2.21. The van der Waals surface area contributed by atoms with Gasteiger partial charge in [-0.2, -0.15) is 5.10 Å². The monoisotopic (exact) mass is 310 g/mol. The summed E-state index contributed by atoms with van der Waals surface area (Å²) >= 11 is 6.12. The van der Waals surface area contributed by atoms with Gasteiger partial charge < -0.3 is 9.80 Å².